The first-order valence-electron chi connectivity index (χ1n) is 11.3. The molecule has 5 rings (SSSR count). The van der Waals surface area contributed by atoms with E-state index in [0.717, 1.165) is 22.9 Å². The lowest BCUT2D eigenvalue weighted by Gasteiger charge is -2.35. The first-order chi connectivity index (χ1) is 17.0. The molecule has 0 saturated carbocycles. The maximum atomic E-state index is 14.3. The summed E-state index contributed by atoms with van der Waals surface area (Å²) in [7, 11) is 1.68. The predicted molar refractivity (Wildman–Crippen MR) is 132 cm³/mol. The Morgan fingerprint density at radius 3 is 2.49 bits per heavy atom. The van der Waals surface area contributed by atoms with Gasteiger partial charge in [-0.25, -0.2) is 9.37 Å². The summed E-state index contributed by atoms with van der Waals surface area (Å²) >= 11 is 0. The van der Waals surface area contributed by atoms with Gasteiger partial charge in [-0.15, -0.1) is 0 Å². The van der Waals surface area contributed by atoms with Crippen molar-refractivity contribution in [3.8, 4) is 28.5 Å². The Morgan fingerprint density at radius 2 is 1.80 bits per heavy atom. The van der Waals surface area contributed by atoms with E-state index in [0.29, 0.717) is 36.8 Å². The van der Waals surface area contributed by atoms with E-state index in [9.17, 15) is 9.18 Å². The zero-order chi connectivity index (χ0) is 24.4. The molecule has 8 heteroatoms. The Labute approximate surface area is 202 Å². The van der Waals surface area contributed by atoms with Gasteiger partial charge in [-0.1, -0.05) is 36.4 Å². The van der Waals surface area contributed by atoms with Crippen LogP contribution in [0.5, 0.6) is 0 Å². The second-order valence-electron chi connectivity index (χ2n) is 8.46. The molecule has 0 aliphatic carbocycles. The summed E-state index contributed by atoms with van der Waals surface area (Å²) in [6.07, 6.45) is 2.61. The number of aromatic nitrogens is 3. The predicted octanol–water partition coefficient (Wildman–Crippen LogP) is 3.67. The van der Waals surface area contributed by atoms with Crippen molar-refractivity contribution in [2.75, 3.05) is 24.5 Å². The van der Waals surface area contributed by atoms with Gasteiger partial charge in [-0.3, -0.25) is 14.3 Å². The van der Waals surface area contributed by atoms with Crippen molar-refractivity contribution >= 4 is 5.95 Å². The number of piperazine rings is 1. The summed E-state index contributed by atoms with van der Waals surface area (Å²) in [5, 5.41) is 12.5. The van der Waals surface area contributed by atoms with Crippen LogP contribution in [0.3, 0.4) is 0 Å². The summed E-state index contributed by atoms with van der Waals surface area (Å²) < 4.78 is 15.8. The Bertz CT molecular complexity index is 1460. The number of hydrogen-bond donors (Lipinski definition) is 1. The van der Waals surface area contributed by atoms with Crippen LogP contribution in [0.2, 0.25) is 0 Å². The van der Waals surface area contributed by atoms with E-state index in [2.05, 4.69) is 50.5 Å². The van der Waals surface area contributed by atoms with Gasteiger partial charge in [0, 0.05) is 50.6 Å². The first kappa shape index (κ1) is 22.4. The van der Waals surface area contributed by atoms with Crippen LogP contribution in [0, 0.1) is 17.1 Å². The third kappa shape index (κ3) is 4.54. The molecule has 35 heavy (non-hydrogen) atoms. The van der Waals surface area contributed by atoms with Crippen LogP contribution in [0.25, 0.3) is 22.4 Å². The number of halogens is 1. The largest absolute Gasteiger partial charge is 0.339 e. The van der Waals surface area contributed by atoms with Crippen LogP contribution in [-0.2, 0) is 7.05 Å². The standard InChI is InChI=1S/C27H23FN6O/c1-33-26(35)14-24(22-10-11-30-16-23(22)28)32-27(33)34-13-12-31-25(17-34)21-8-6-20(7-9-21)19-4-2-18(15-29)3-5-19/h2-11,14,16,25,31H,12-13,17H2,1H3/t25-/m1/s1. The van der Waals surface area contributed by atoms with Crippen LogP contribution < -0.4 is 15.8 Å². The lowest BCUT2D eigenvalue weighted by molar-refractivity contribution is 0.462. The average Bonchev–Trinajstić information content (AvgIpc) is 2.91. The van der Waals surface area contributed by atoms with Gasteiger partial charge in [0.15, 0.2) is 5.82 Å². The van der Waals surface area contributed by atoms with Crippen LogP contribution in [-0.4, -0.2) is 34.2 Å². The minimum atomic E-state index is -0.514. The van der Waals surface area contributed by atoms with Crippen molar-refractivity contribution < 1.29 is 4.39 Å². The molecule has 1 aliphatic rings. The van der Waals surface area contributed by atoms with E-state index in [1.54, 1.807) is 7.05 Å². The molecule has 3 heterocycles. The zero-order valence-electron chi connectivity index (χ0n) is 19.1. The molecule has 1 fully saturated rings. The van der Waals surface area contributed by atoms with Gasteiger partial charge in [0.2, 0.25) is 5.95 Å². The van der Waals surface area contributed by atoms with Crippen molar-refractivity contribution in [3.05, 3.63) is 100 Å². The van der Waals surface area contributed by atoms with Gasteiger partial charge in [-0.05, 0) is 34.9 Å². The molecule has 1 N–H and O–H groups in total. The molecule has 0 bridgehead atoms. The minimum Gasteiger partial charge on any atom is -0.339 e. The van der Waals surface area contributed by atoms with Gasteiger partial charge in [0.25, 0.3) is 5.56 Å². The molecule has 0 unspecified atom stereocenters. The Hall–Kier alpha value is -4.35. The van der Waals surface area contributed by atoms with Crippen molar-refractivity contribution in [2.45, 2.75) is 6.04 Å². The number of rotatable bonds is 4. The number of nitriles is 1. The summed E-state index contributed by atoms with van der Waals surface area (Å²) in [4.78, 5) is 23.2. The Morgan fingerprint density at radius 1 is 1.09 bits per heavy atom. The number of pyridine rings is 1. The van der Waals surface area contributed by atoms with Gasteiger partial charge < -0.3 is 10.2 Å². The normalized spacial score (nSPS) is 15.6. The fourth-order valence-corrected chi connectivity index (χ4v) is 4.33. The quantitative estimate of drug-likeness (QED) is 0.494. The molecular formula is C27H23FN6O. The molecule has 174 valence electrons. The second-order valence-corrected chi connectivity index (χ2v) is 8.46. The second kappa shape index (κ2) is 9.49. The fourth-order valence-electron chi connectivity index (χ4n) is 4.33. The molecule has 1 atom stereocenters. The SMILES string of the molecule is Cn1c(N2CCN[C@@H](c3ccc(-c4ccc(C#N)cc4)cc3)C2)nc(-c2ccncc2F)cc1=O. The van der Waals surface area contributed by atoms with Crippen LogP contribution in [0.4, 0.5) is 10.3 Å². The van der Waals surface area contributed by atoms with E-state index in [1.165, 1.54) is 22.9 Å². The lowest BCUT2D eigenvalue weighted by atomic mass is 9.99. The van der Waals surface area contributed by atoms with Gasteiger partial charge in [-0.2, -0.15) is 5.26 Å². The minimum absolute atomic E-state index is 0.0389. The average molecular weight is 467 g/mol. The fraction of sp³-hybridized carbons (Fsp3) is 0.185. The third-order valence-corrected chi connectivity index (χ3v) is 6.28. The van der Waals surface area contributed by atoms with Gasteiger partial charge in [0.05, 0.1) is 23.5 Å². The summed E-state index contributed by atoms with van der Waals surface area (Å²) in [6, 6.07) is 20.9. The molecule has 1 saturated heterocycles. The van der Waals surface area contributed by atoms with E-state index in [4.69, 9.17) is 5.26 Å². The molecule has 4 aromatic rings. The van der Waals surface area contributed by atoms with Crippen LogP contribution in [0.1, 0.15) is 17.2 Å². The van der Waals surface area contributed by atoms with Crippen molar-refractivity contribution in [1.82, 2.24) is 19.9 Å². The van der Waals surface area contributed by atoms with Gasteiger partial charge in [0.1, 0.15) is 0 Å². The van der Waals surface area contributed by atoms with E-state index in [-0.39, 0.29) is 17.2 Å². The summed E-state index contributed by atoms with van der Waals surface area (Å²) in [5.74, 6) is -0.0100. The van der Waals surface area contributed by atoms with Crippen LogP contribution in [0.15, 0.2) is 77.9 Å². The maximum Gasteiger partial charge on any atom is 0.255 e. The Kier molecular flexibility index (Phi) is 6.08. The zero-order valence-corrected chi connectivity index (χ0v) is 19.1. The molecule has 0 spiro atoms. The molecule has 7 nitrogen and oxygen atoms in total. The number of nitrogens with zero attached hydrogens (tertiary/aromatic N) is 5. The summed E-state index contributed by atoms with van der Waals surface area (Å²) in [5.41, 5.74) is 4.18. The highest BCUT2D eigenvalue weighted by Gasteiger charge is 2.24. The van der Waals surface area contributed by atoms with E-state index < -0.39 is 5.82 Å². The van der Waals surface area contributed by atoms with E-state index in [1.807, 2.05) is 24.3 Å². The van der Waals surface area contributed by atoms with Gasteiger partial charge >= 0.3 is 0 Å². The molecule has 1 aliphatic heterocycles. The topological polar surface area (TPSA) is 86.8 Å². The number of benzene rings is 2. The molecular weight excluding hydrogens is 443 g/mol. The van der Waals surface area contributed by atoms with Crippen molar-refractivity contribution in [3.63, 3.8) is 0 Å². The summed E-state index contributed by atoms with van der Waals surface area (Å²) in [6.45, 7) is 1.99. The number of hydrogen-bond acceptors (Lipinski definition) is 6. The highest BCUT2D eigenvalue weighted by atomic mass is 19.1. The lowest BCUT2D eigenvalue weighted by Crippen LogP contribution is -2.47. The highest BCUT2D eigenvalue weighted by Crippen LogP contribution is 2.26. The monoisotopic (exact) mass is 466 g/mol. The maximum absolute atomic E-state index is 14.3. The smallest absolute Gasteiger partial charge is 0.255 e. The molecule has 2 aromatic carbocycles. The Balaban J connectivity index is 1.40. The van der Waals surface area contributed by atoms with Crippen molar-refractivity contribution in [1.29, 1.82) is 5.26 Å². The first-order valence-corrected chi connectivity index (χ1v) is 11.3. The third-order valence-electron chi connectivity index (χ3n) is 6.28. The van der Waals surface area contributed by atoms with E-state index >= 15 is 0 Å². The number of nitrogens with one attached hydrogen (secondary N) is 1. The molecule has 0 amide bonds. The van der Waals surface area contributed by atoms with Crippen molar-refractivity contribution in [2.24, 2.45) is 7.05 Å². The molecule has 0 radical (unpaired) electrons. The highest BCUT2D eigenvalue weighted by molar-refractivity contribution is 5.65. The molecule has 2 aromatic heterocycles. The number of anilines is 1. The van der Waals surface area contributed by atoms with Crippen LogP contribution >= 0.6 is 0 Å².